The van der Waals surface area contributed by atoms with E-state index in [0.29, 0.717) is 6.42 Å². The molecule has 0 aromatic heterocycles. The van der Waals surface area contributed by atoms with E-state index in [0.717, 1.165) is 24.0 Å². The molecule has 0 saturated carbocycles. The number of aryl methyl sites for hydroxylation is 2. The molecule has 5 heteroatoms. The van der Waals surface area contributed by atoms with Gasteiger partial charge in [0, 0.05) is 5.56 Å². The molecule has 31 heavy (non-hydrogen) atoms. The Balaban J connectivity index is 0.000000223. The Morgan fingerprint density at radius 3 is 2.39 bits per heavy atom. The monoisotopic (exact) mass is 534 g/mol. The van der Waals surface area contributed by atoms with Crippen LogP contribution in [0.3, 0.4) is 0 Å². The van der Waals surface area contributed by atoms with E-state index < -0.39 is 32.5 Å². The van der Waals surface area contributed by atoms with Crippen LogP contribution in [0.4, 0.5) is 8.78 Å². The van der Waals surface area contributed by atoms with Crippen LogP contribution in [0.25, 0.3) is 6.08 Å². The maximum absolute atomic E-state index is 13.6. The molecule has 0 nitrogen and oxygen atoms in total. The molecular formula is C26H24Cl2F2Zr. The second-order valence-corrected chi connectivity index (χ2v) is 10.8. The predicted molar refractivity (Wildman–Crippen MR) is 124 cm³/mol. The molecule has 0 N–H and O–H groups in total. The second kappa shape index (κ2) is 13.9. The fourth-order valence-corrected chi connectivity index (χ4v) is 3.39. The van der Waals surface area contributed by atoms with Crippen LogP contribution in [0.1, 0.15) is 40.2 Å². The van der Waals surface area contributed by atoms with E-state index in [4.69, 9.17) is 17.0 Å². The average molecular weight is 537 g/mol. The predicted octanol–water partition coefficient (Wildman–Crippen LogP) is 8.33. The van der Waals surface area contributed by atoms with E-state index in [1.165, 1.54) is 29.3 Å². The number of fused-ring (bicyclic) bond motifs is 1. The molecule has 3 aromatic rings. The number of halogens is 4. The normalized spacial score (nSPS) is 13.3. The van der Waals surface area contributed by atoms with Gasteiger partial charge in [0.2, 0.25) is 0 Å². The Morgan fingerprint density at radius 2 is 1.77 bits per heavy atom. The summed E-state index contributed by atoms with van der Waals surface area (Å²) in [4.78, 5) is 0. The van der Waals surface area contributed by atoms with Crippen LogP contribution in [0.2, 0.25) is 0 Å². The third-order valence-corrected chi connectivity index (χ3v) is 4.89. The molecule has 1 unspecified atom stereocenters. The van der Waals surface area contributed by atoms with E-state index in [1.54, 1.807) is 0 Å². The molecule has 1 aliphatic carbocycles. The van der Waals surface area contributed by atoms with Crippen molar-refractivity contribution in [1.29, 1.82) is 0 Å². The van der Waals surface area contributed by atoms with Gasteiger partial charge in [-0.25, -0.2) is 26.5 Å². The number of rotatable bonds is 5. The molecule has 0 saturated heterocycles. The molecule has 0 fully saturated rings. The SMILES string of the molecule is C=CCC[c-]1ccc(C)c1.Fc1cccc(F)c1CC1[C-]=Cc2ccccc21.[Cl][Zr+2][Cl]. The van der Waals surface area contributed by atoms with Gasteiger partial charge in [0.15, 0.2) is 0 Å². The van der Waals surface area contributed by atoms with Gasteiger partial charge in [0.25, 0.3) is 0 Å². The molecule has 0 radical (unpaired) electrons. The van der Waals surface area contributed by atoms with Crippen molar-refractivity contribution in [2.75, 3.05) is 0 Å². The van der Waals surface area contributed by atoms with Gasteiger partial charge in [-0.1, -0.05) is 49.6 Å². The first-order valence-corrected chi connectivity index (χ1v) is 16.2. The van der Waals surface area contributed by atoms with E-state index in [-0.39, 0.29) is 11.5 Å². The van der Waals surface area contributed by atoms with Gasteiger partial charge in [0.1, 0.15) is 11.6 Å². The molecule has 4 rings (SSSR count). The first-order valence-electron chi connectivity index (χ1n) is 9.90. The number of hydrogen-bond donors (Lipinski definition) is 0. The van der Waals surface area contributed by atoms with Crippen LogP contribution in [0.15, 0.2) is 73.3 Å². The summed E-state index contributed by atoms with van der Waals surface area (Å²) in [5, 5.41) is 0. The molecule has 0 spiro atoms. The first-order chi connectivity index (χ1) is 15.0. The summed E-state index contributed by atoms with van der Waals surface area (Å²) in [5.41, 5.74) is 5.09. The molecule has 160 valence electrons. The Bertz CT molecular complexity index is 974. The van der Waals surface area contributed by atoms with Crippen LogP contribution < -0.4 is 0 Å². The maximum atomic E-state index is 13.6. The van der Waals surface area contributed by atoms with Gasteiger partial charge < -0.3 is 0 Å². The zero-order chi connectivity index (χ0) is 22.6. The summed E-state index contributed by atoms with van der Waals surface area (Å²) in [6.07, 6.45) is 9.55. The van der Waals surface area contributed by atoms with Gasteiger partial charge in [-0.2, -0.15) is 23.3 Å². The van der Waals surface area contributed by atoms with Crippen molar-refractivity contribution in [1.82, 2.24) is 0 Å². The molecule has 1 atom stereocenters. The summed E-state index contributed by atoms with van der Waals surface area (Å²) in [6, 6.07) is 18.4. The fourth-order valence-electron chi connectivity index (χ4n) is 3.39. The van der Waals surface area contributed by atoms with Gasteiger partial charge in [-0.15, -0.1) is 18.2 Å². The summed E-state index contributed by atoms with van der Waals surface area (Å²) < 4.78 is 27.2. The van der Waals surface area contributed by atoms with E-state index in [2.05, 4.69) is 37.8 Å². The van der Waals surface area contributed by atoms with Gasteiger partial charge in [-0.3, -0.25) is 6.08 Å². The molecule has 0 amide bonds. The number of benzene rings is 2. The van der Waals surface area contributed by atoms with Crippen molar-refractivity contribution in [2.24, 2.45) is 0 Å². The van der Waals surface area contributed by atoms with Crippen molar-refractivity contribution in [3.05, 3.63) is 119 Å². The van der Waals surface area contributed by atoms with E-state index in [9.17, 15) is 8.78 Å². The van der Waals surface area contributed by atoms with Crippen LogP contribution in [0, 0.1) is 24.6 Å². The van der Waals surface area contributed by atoms with Crippen molar-refractivity contribution in [2.45, 2.75) is 32.1 Å². The summed E-state index contributed by atoms with van der Waals surface area (Å²) >= 11 is -0.826. The van der Waals surface area contributed by atoms with Crippen molar-refractivity contribution in [3.63, 3.8) is 0 Å². The molecule has 1 aliphatic rings. The van der Waals surface area contributed by atoms with E-state index in [1.807, 2.05) is 36.4 Å². The zero-order valence-corrected chi connectivity index (χ0v) is 21.3. The first kappa shape index (κ1) is 25.9. The van der Waals surface area contributed by atoms with Crippen molar-refractivity contribution < 1.29 is 29.6 Å². The summed E-state index contributed by atoms with van der Waals surface area (Å²) in [5.74, 6) is -1.03. The van der Waals surface area contributed by atoms with Gasteiger partial charge >= 0.3 is 37.9 Å². The second-order valence-electron chi connectivity index (χ2n) is 7.09. The Morgan fingerprint density at radius 1 is 1.10 bits per heavy atom. The standard InChI is InChI=1S/C16H11F2.C10H13.2ClH.Zr/c17-15-6-3-7-16(18)14(15)10-12-9-8-11-4-1-2-5-13(11)12;1-3-4-5-10-7-6-9(2)8-10;;;/h1-8,12H,10H2;3,6-8H,1,4-5H2,2H3;2*1H;/q2*-1;;;+4/p-2. The van der Waals surface area contributed by atoms with E-state index >= 15 is 0 Å². The van der Waals surface area contributed by atoms with Crippen LogP contribution >= 0.6 is 17.0 Å². The molecule has 0 heterocycles. The summed E-state index contributed by atoms with van der Waals surface area (Å²) in [6.45, 7) is 5.80. The third-order valence-electron chi connectivity index (χ3n) is 4.89. The minimum absolute atomic E-state index is 0.0624. The number of hydrogen-bond acceptors (Lipinski definition) is 0. The summed E-state index contributed by atoms with van der Waals surface area (Å²) in [7, 11) is 9.87. The molecule has 0 aliphatic heterocycles. The van der Waals surface area contributed by atoms with Crippen LogP contribution in [-0.4, -0.2) is 0 Å². The Hall–Kier alpha value is -1.41. The average Bonchev–Trinajstić information content (AvgIpc) is 3.36. The third kappa shape index (κ3) is 8.22. The fraction of sp³-hybridized carbons (Fsp3) is 0.192. The van der Waals surface area contributed by atoms with Gasteiger partial charge in [0.05, 0.1) is 0 Å². The minimum atomic E-state index is -0.826. The Kier molecular flexibility index (Phi) is 11.6. The number of allylic oxidation sites excluding steroid dienone is 2. The topological polar surface area (TPSA) is 0 Å². The van der Waals surface area contributed by atoms with Crippen LogP contribution in [-0.2, 0) is 33.7 Å². The van der Waals surface area contributed by atoms with Crippen molar-refractivity contribution >= 4 is 23.1 Å². The van der Waals surface area contributed by atoms with Crippen LogP contribution in [0.5, 0.6) is 0 Å². The van der Waals surface area contributed by atoms with Crippen molar-refractivity contribution in [3.8, 4) is 0 Å². The quantitative estimate of drug-likeness (QED) is 0.227. The zero-order valence-electron chi connectivity index (χ0n) is 17.3. The Labute approximate surface area is 202 Å². The molecule has 3 aromatic carbocycles. The van der Waals surface area contributed by atoms with Gasteiger partial charge in [-0.05, 0) is 25.0 Å². The molecular weight excluding hydrogens is 512 g/mol. The molecule has 0 bridgehead atoms.